The van der Waals surface area contributed by atoms with Crippen molar-refractivity contribution >= 4 is 5.91 Å². The maximum atomic E-state index is 11.6. The highest BCUT2D eigenvalue weighted by molar-refractivity contribution is 5.90. The summed E-state index contributed by atoms with van der Waals surface area (Å²) in [5.41, 5.74) is 0.920. The second-order valence-electron chi connectivity index (χ2n) is 3.69. The second kappa shape index (κ2) is 4.36. The van der Waals surface area contributed by atoms with Crippen LogP contribution >= 0.6 is 0 Å². The lowest BCUT2D eigenvalue weighted by Gasteiger charge is -2.04. The molecule has 0 radical (unpaired) electrons. The summed E-state index contributed by atoms with van der Waals surface area (Å²) < 4.78 is 10.5. The molecular formula is C11H10N4O3. The number of amides is 1. The highest BCUT2D eigenvalue weighted by atomic mass is 16.7. The van der Waals surface area contributed by atoms with E-state index in [1.54, 1.807) is 0 Å². The summed E-state index contributed by atoms with van der Waals surface area (Å²) in [6, 6.07) is 5.52. The molecule has 2 heterocycles. The minimum Gasteiger partial charge on any atom is -0.454 e. The van der Waals surface area contributed by atoms with Crippen LogP contribution in [-0.4, -0.2) is 27.9 Å². The van der Waals surface area contributed by atoms with Crippen LogP contribution in [0.1, 0.15) is 16.2 Å². The molecule has 0 spiro atoms. The Bertz CT molecular complexity index is 568. The van der Waals surface area contributed by atoms with E-state index in [9.17, 15) is 4.79 Å². The Labute approximate surface area is 102 Å². The molecule has 0 saturated carbocycles. The first-order valence-corrected chi connectivity index (χ1v) is 5.35. The van der Waals surface area contributed by atoms with Gasteiger partial charge in [-0.05, 0) is 17.7 Å². The number of hydrogen-bond acceptors (Lipinski definition) is 5. The number of rotatable bonds is 3. The molecule has 2 aromatic rings. The molecule has 0 atom stereocenters. The summed E-state index contributed by atoms with van der Waals surface area (Å²) in [4.78, 5) is 15.4. The van der Waals surface area contributed by atoms with Crippen molar-refractivity contribution in [1.29, 1.82) is 0 Å². The van der Waals surface area contributed by atoms with Crippen LogP contribution in [0, 0.1) is 0 Å². The van der Waals surface area contributed by atoms with Crippen LogP contribution in [0.4, 0.5) is 0 Å². The van der Waals surface area contributed by atoms with Gasteiger partial charge in [-0.15, -0.1) is 5.10 Å². The van der Waals surface area contributed by atoms with E-state index in [4.69, 9.17) is 9.47 Å². The number of carbonyl (C=O) groups is 1. The van der Waals surface area contributed by atoms with E-state index in [-0.39, 0.29) is 18.5 Å². The molecule has 7 heteroatoms. The van der Waals surface area contributed by atoms with Crippen LogP contribution in [0.25, 0.3) is 0 Å². The number of aromatic amines is 1. The van der Waals surface area contributed by atoms with Crippen molar-refractivity contribution < 1.29 is 14.3 Å². The van der Waals surface area contributed by atoms with Gasteiger partial charge in [0.25, 0.3) is 5.91 Å². The predicted octanol–water partition coefficient (Wildman–Crippen LogP) is 0.463. The normalized spacial score (nSPS) is 12.4. The van der Waals surface area contributed by atoms with Crippen molar-refractivity contribution in [1.82, 2.24) is 20.5 Å². The summed E-state index contributed by atoms with van der Waals surface area (Å²) in [6.45, 7) is 0.617. The highest BCUT2D eigenvalue weighted by Crippen LogP contribution is 2.32. The molecule has 2 N–H and O–H groups in total. The van der Waals surface area contributed by atoms with Crippen LogP contribution in [0.2, 0.25) is 0 Å². The maximum Gasteiger partial charge on any atom is 0.291 e. The molecule has 0 bridgehead atoms. The highest BCUT2D eigenvalue weighted by Gasteiger charge is 2.14. The Morgan fingerprint density at radius 3 is 3.11 bits per heavy atom. The first-order chi connectivity index (χ1) is 8.83. The third-order valence-electron chi connectivity index (χ3n) is 2.51. The van der Waals surface area contributed by atoms with Gasteiger partial charge in [0.05, 0.1) is 0 Å². The number of hydrogen-bond donors (Lipinski definition) is 2. The van der Waals surface area contributed by atoms with Gasteiger partial charge in [0.15, 0.2) is 11.5 Å². The van der Waals surface area contributed by atoms with Crippen LogP contribution < -0.4 is 14.8 Å². The van der Waals surface area contributed by atoms with Crippen molar-refractivity contribution in [3.63, 3.8) is 0 Å². The van der Waals surface area contributed by atoms with Crippen LogP contribution in [0.15, 0.2) is 24.5 Å². The number of nitrogens with zero attached hydrogens (tertiary/aromatic N) is 2. The Morgan fingerprint density at radius 1 is 1.39 bits per heavy atom. The van der Waals surface area contributed by atoms with Gasteiger partial charge in [0.1, 0.15) is 6.33 Å². The SMILES string of the molecule is O=C(NCc1ccc2c(c1)OCO2)c1nc[nH]n1. The smallest absolute Gasteiger partial charge is 0.291 e. The van der Waals surface area contributed by atoms with E-state index in [2.05, 4.69) is 20.5 Å². The van der Waals surface area contributed by atoms with E-state index >= 15 is 0 Å². The monoisotopic (exact) mass is 246 g/mol. The number of nitrogens with one attached hydrogen (secondary N) is 2. The van der Waals surface area contributed by atoms with Gasteiger partial charge in [-0.1, -0.05) is 6.07 Å². The molecule has 92 valence electrons. The molecule has 0 aliphatic carbocycles. The molecule has 0 fully saturated rings. The van der Waals surface area contributed by atoms with Crippen molar-refractivity contribution in [2.75, 3.05) is 6.79 Å². The third kappa shape index (κ3) is 1.97. The van der Waals surface area contributed by atoms with Gasteiger partial charge in [-0.2, -0.15) is 0 Å². The number of fused-ring (bicyclic) bond motifs is 1. The molecule has 7 nitrogen and oxygen atoms in total. The quantitative estimate of drug-likeness (QED) is 0.821. The first kappa shape index (κ1) is 10.6. The van der Waals surface area contributed by atoms with Gasteiger partial charge in [0, 0.05) is 6.54 Å². The van der Waals surface area contributed by atoms with E-state index in [0.717, 1.165) is 11.3 Å². The maximum absolute atomic E-state index is 11.6. The fourth-order valence-corrected chi connectivity index (χ4v) is 1.63. The molecule has 1 aliphatic heterocycles. The Morgan fingerprint density at radius 2 is 2.28 bits per heavy atom. The third-order valence-corrected chi connectivity index (χ3v) is 2.51. The lowest BCUT2D eigenvalue weighted by Crippen LogP contribution is -2.23. The van der Waals surface area contributed by atoms with E-state index in [1.165, 1.54) is 6.33 Å². The zero-order valence-corrected chi connectivity index (χ0v) is 9.34. The standard InChI is InChI=1S/C11H10N4O3/c16-11(10-13-5-14-15-10)12-4-7-1-2-8-9(3-7)18-6-17-8/h1-3,5H,4,6H2,(H,12,16)(H,13,14,15). The van der Waals surface area contributed by atoms with Crippen molar-refractivity contribution in [2.45, 2.75) is 6.54 Å². The summed E-state index contributed by atoms with van der Waals surface area (Å²) >= 11 is 0. The van der Waals surface area contributed by atoms with Crippen LogP contribution in [0.3, 0.4) is 0 Å². The predicted molar refractivity (Wildman–Crippen MR) is 60.1 cm³/mol. The molecule has 1 aromatic heterocycles. The largest absolute Gasteiger partial charge is 0.454 e. The van der Waals surface area contributed by atoms with Crippen LogP contribution in [-0.2, 0) is 6.54 Å². The minimum absolute atomic E-state index is 0.121. The van der Waals surface area contributed by atoms with Gasteiger partial charge in [-0.3, -0.25) is 9.89 Å². The van der Waals surface area contributed by atoms with Gasteiger partial charge >= 0.3 is 0 Å². The molecule has 18 heavy (non-hydrogen) atoms. The van der Waals surface area contributed by atoms with Crippen molar-refractivity contribution in [2.24, 2.45) is 0 Å². The molecule has 1 amide bonds. The van der Waals surface area contributed by atoms with Crippen molar-refractivity contribution in [3.05, 3.63) is 35.9 Å². The lowest BCUT2D eigenvalue weighted by molar-refractivity contribution is 0.0941. The molecule has 1 aromatic carbocycles. The van der Waals surface area contributed by atoms with Crippen molar-refractivity contribution in [3.8, 4) is 11.5 Å². The number of aromatic nitrogens is 3. The number of carbonyl (C=O) groups excluding carboxylic acids is 1. The average molecular weight is 246 g/mol. The average Bonchev–Trinajstić information content (AvgIpc) is 3.05. The first-order valence-electron chi connectivity index (χ1n) is 5.35. The van der Waals surface area contributed by atoms with E-state index in [1.807, 2.05) is 18.2 Å². The molecule has 0 saturated heterocycles. The zero-order chi connectivity index (χ0) is 12.4. The topological polar surface area (TPSA) is 89.1 Å². The van der Waals surface area contributed by atoms with Gasteiger partial charge in [-0.25, -0.2) is 4.98 Å². The number of ether oxygens (including phenoxy) is 2. The molecular weight excluding hydrogens is 236 g/mol. The summed E-state index contributed by atoms with van der Waals surface area (Å²) in [7, 11) is 0. The minimum atomic E-state index is -0.325. The summed E-state index contributed by atoms with van der Waals surface area (Å²) in [5.74, 6) is 1.21. The summed E-state index contributed by atoms with van der Waals surface area (Å²) in [6.07, 6.45) is 1.36. The second-order valence-corrected chi connectivity index (χ2v) is 3.69. The Hall–Kier alpha value is -2.57. The fourth-order valence-electron chi connectivity index (χ4n) is 1.63. The number of H-pyrrole nitrogens is 1. The lowest BCUT2D eigenvalue weighted by atomic mass is 10.2. The summed E-state index contributed by atoms with van der Waals surface area (Å²) in [5, 5.41) is 8.89. The number of benzene rings is 1. The van der Waals surface area contributed by atoms with E-state index in [0.29, 0.717) is 12.3 Å². The Balaban J connectivity index is 1.65. The molecule has 3 rings (SSSR count). The van der Waals surface area contributed by atoms with Gasteiger partial charge < -0.3 is 14.8 Å². The fraction of sp³-hybridized carbons (Fsp3) is 0.182. The van der Waals surface area contributed by atoms with Gasteiger partial charge in [0.2, 0.25) is 12.6 Å². The van der Waals surface area contributed by atoms with Crippen LogP contribution in [0.5, 0.6) is 11.5 Å². The molecule has 0 unspecified atom stereocenters. The Kier molecular flexibility index (Phi) is 2.56. The van der Waals surface area contributed by atoms with E-state index < -0.39 is 0 Å². The zero-order valence-electron chi connectivity index (χ0n) is 9.34. The molecule has 1 aliphatic rings.